The van der Waals surface area contributed by atoms with Crippen molar-refractivity contribution < 1.29 is 4.39 Å². The zero-order chi connectivity index (χ0) is 7.56. The normalized spacial score (nSPS) is 13.1. The van der Waals surface area contributed by atoms with Crippen LogP contribution >= 0.6 is 11.6 Å². The number of aromatic nitrogens is 1. The highest BCUT2D eigenvalue weighted by atomic mass is 35.5. The lowest BCUT2D eigenvalue weighted by Gasteiger charge is -2.01. The minimum atomic E-state index is -1.04. The van der Waals surface area contributed by atoms with Crippen molar-refractivity contribution in [2.45, 2.75) is 13.1 Å². The first-order valence-corrected chi connectivity index (χ1v) is 3.34. The summed E-state index contributed by atoms with van der Waals surface area (Å²) in [5.41, 5.74) is 0.448. The Morgan fingerprint density at radius 2 is 2.40 bits per heavy atom. The molecule has 0 saturated carbocycles. The number of hydrogen-bond donors (Lipinski definition) is 0. The molecule has 0 aromatic carbocycles. The maximum Gasteiger partial charge on any atom is 0.135 e. The second-order valence-electron chi connectivity index (χ2n) is 2.00. The molecule has 0 saturated heterocycles. The molecular formula is C7H7ClFN. The quantitative estimate of drug-likeness (QED) is 0.575. The van der Waals surface area contributed by atoms with E-state index in [1.165, 1.54) is 13.1 Å². The van der Waals surface area contributed by atoms with Gasteiger partial charge in [-0.1, -0.05) is 17.7 Å². The molecule has 0 bridgehead atoms. The van der Waals surface area contributed by atoms with Crippen LogP contribution in [0.5, 0.6) is 0 Å². The van der Waals surface area contributed by atoms with E-state index < -0.39 is 6.17 Å². The third-order valence-corrected chi connectivity index (χ3v) is 1.53. The molecule has 0 aliphatic heterocycles. The summed E-state index contributed by atoms with van der Waals surface area (Å²) < 4.78 is 12.6. The van der Waals surface area contributed by atoms with Crippen LogP contribution in [0, 0.1) is 0 Å². The fourth-order valence-electron chi connectivity index (χ4n) is 0.695. The van der Waals surface area contributed by atoms with Crippen molar-refractivity contribution in [1.29, 1.82) is 0 Å². The summed E-state index contributed by atoms with van der Waals surface area (Å²) in [5.74, 6) is 0. The summed E-state index contributed by atoms with van der Waals surface area (Å²) >= 11 is 5.57. The van der Waals surface area contributed by atoms with Gasteiger partial charge >= 0.3 is 0 Å². The lowest BCUT2D eigenvalue weighted by molar-refractivity contribution is 0.373. The molecule has 0 radical (unpaired) electrons. The largest absolute Gasteiger partial charge is 0.244 e. The third-order valence-electron chi connectivity index (χ3n) is 1.22. The number of alkyl halides is 1. The topological polar surface area (TPSA) is 12.9 Å². The second kappa shape index (κ2) is 2.97. The van der Waals surface area contributed by atoms with Crippen LogP contribution in [0.25, 0.3) is 0 Å². The molecule has 1 unspecified atom stereocenters. The highest BCUT2D eigenvalue weighted by molar-refractivity contribution is 6.30. The SMILES string of the molecule is CC(F)c1cccnc1Cl. The van der Waals surface area contributed by atoms with Gasteiger partial charge in [0.05, 0.1) is 0 Å². The molecule has 1 heterocycles. The van der Waals surface area contributed by atoms with E-state index >= 15 is 0 Å². The van der Waals surface area contributed by atoms with Crippen LogP contribution < -0.4 is 0 Å². The van der Waals surface area contributed by atoms with E-state index in [2.05, 4.69) is 4.98 Å². The molecule has 0 N–H and O–H groups in total. The Hall–Kier alpha value is -0.630. The van der Waals surface area contributed by atoms with Gasteiger partial charge in [-0.15, -0.1) is 0 Å². The summed E-state index contributed by atoms with van der Waals surface area (Å²) in [6, 6.07) is 3.29. The number of pyridine rings is 1. The van der Waals surface area contributed by atoms with E-state index in [9.17, 15) is 4.39 Å². The molecule has 1 aromatic heterocycles. The summed E-state index contributed by atoms with van der Waals surface area (Å²) in [6.45, 7) is 1.43. The zero-order valence-electron chi connectivity index (χ0n) is 5.51. The zero-order valence-corrected chi connectivity index (χ0v) is 6.27. The number of hydrogen-bond acceptors (Lipinski definition) is 1. The molecule has 0 spiro atoms. The van der Waals surface area contributed by atoms with Gasteiger partial charge in [-0.3, -0.25) is 0 Å². The van der Waals surface area contributed by atoms with Crippen molar-refractivity contribution in [1.82, 2.24) is 4.98 Å². The van der Waals surface area contributed by atoms with Gasteiger partial charge < -0.3 is 0 Å². The standard InChI is InChI=1S/C7H7ClFN/c1-5(9)6-3-2-4-10-7(6)8/h2-5H,1H3. The smallest absolute Gasteiger partial charge is 0.135 e. The van der Waals surface area contributed by atoms with Crippen LogP contribution in [0.1, 0.15) is 18.7 Å². The second-order valence-corrected chi connectivity index (χ2v) is 2.36. The van der Waals surface area contributed by atoms with Gasteiger partial charge in [-0.25, -0.2) is 9.37 Å². The van der Waals surface area contributed by atoms with Crippen molar-refractivity contribution >= 4 is 11.6 Å². The molecule has 1 atom stereocenters. The molecule has 1 rings (SSSR count). The molecular weight excluding hydrogens is 153 g/mol. The predicted octanol–water partition coefficient (Wildman–Crippen LogP) is 2.77. The predicted molar refractivity (Wildman–Crippen MR) is 38.8 cm³/mol. The summed E-state index contributed by atoms with van der Waals surface area (Å²) in [4.78, 5) is 3.73. The lowest BCUT2D eigenvalue weighted by Crippen LogP contribution is -1.87. The molecule has 1 aromatic rings. The molecule has 0 fully saturated rings. The highest BCUT2D eigenvalue weighted by Gasteiger charge is 2.06. The molecule has 3 heteroatoms. The molecule has 1 nitrogen and oxygen atoms in total. The Morgan fingerprint density at radius 1 is 1.70 bits per heavy atom. The first kappa shape index (κ1) is 7.48. The average molecular weight is 160 g/mol. The Morgan fingerprint density at radius 3 is 2.80 bits per heavy atom. The van der Waals surface area contributed by atoms with Crippen molar-refractivity contribution in [3.63, 3.8) is 0 Å². The third kappa shape index (κ3) is 1.45. The van der Waals surface area contributed by atoms with Crippen LogP contribution in [-0.4, -0.2) is 4.98 Å². The first-order valence-electron chi connectivity index (χ1n) is 2.96. The maximum atomic E-state index is 12.6. The van der Waals surface area contributed by atoms with Gasteiger partial charge in [0.25, 0.3) is 0 Å². The van der Waals surface area contributed by atoms with E-state index in [0.717, 1.165) is 0 Å². The van der Waals surface area contributed by atoms with Crippen LogP contribution in [0.2, 0.25) is 5.15 Å². The highest BCUT2D eigenvalue weighted by Crippen LogP contribution is 2.22. The number of rotatable bonds is 1. The van der Waals surface area contributed by atoms with Gasteiger partial charge in [0.15, 0.2) is 0 Å². The Kier molecular flexibility index (Phi) is 2.22. The minimum Gasteiger partial charge on any atom is -0.244 e. The minimum absolute atomic E-state index is 0.248. The Labute approximate surface area is 63.8 Å². The molecule has 54 valence electrons. The van der Waals surface area contributed by atoms with E-state index in [1.54, 1.807) is 12.1 Å². The van der Waals surface area contributed by atoms with Crippen LogP contribution in [0.3, 0.4) is 0 Å². The van der Waals surface area contributed by atoms with Crippen LogP contribution in [0.15, 0.2) is 18.3 Å². The Bertz CT molecular complexity index is 225. The summed E-state index contributed by atoms with van der Waals surface area (Å²) in [5, 5.41) is 0.248. The lowest BCUT2D eigenvalue weighted by atomic mass is 10.2. The summed E-state index contributed by atoms with van der Waals surface area (Å²) in [7, 11) is 0. The van der Waals surface area contributed by atoms with Crippen LogP contribution in [0.4, 0.5) is 4.39 Å². The molecule has 0 aliphatic rings. The van der Waals surface area contributed by atoms with Gasteiger partial charge in [0.2, 0.25) is 0 Å². The summed E-state index contributed by atoms with van der Waals surface area (Å²) in [6.07, 6.45) is 0.495. The monoisotopic (exact) mass is 159 g/mol. The fraction of sp³-hybridized carbons (Fsp3) is 0.286. The first-order chi connectivity index (χ1) is 4.72. The van der Waals surface area contributed by atoms with Crippen LogP contribution in [-0.2, 0) is 0 Å². The molecule has 0 aliphatic carbocycles. The number of nitrogens with zero attached hydrogens (tertiary/aromatic N) is 1. The van der Waals surface area contributed by atoms with Crippen molar-refractivity contribution in [2.24, 2.45) is 0 Å². The van der Waals surface area contributed by atoms with E-state index in [-0.39, 0.29) is 5.15 Å². The molecule has 0 amide bonds. The van der Waals surface area contributed by atoms with Gasteiger partial charge in [0.1, 0.15) is 11.3 Å². The Balaban J connectivity index is 3.03. The van der Waals surface area contributed by atoms with Crippen molar-refractivity contribution in [3.05, 3.63) is 29.0 Å². The van der Waals surface area contributed by atoms with Gasteiger partial charge in [0, 0.05) is 11.8 Å². The van der Waals surface area contributed by atoms with Gasteiger partial charge in [-0.05, 0) is 13.0 Å². The fourth-order valence-corrected chi connectivity index (χ4v) is 0.965. The van der Waals surface area contributed by atoms with Crippen molar-refractivity contribution in [3.8, 4) is 0 Å². The van der Waals surface area contributed by atoms with E-state index in [0.29, 0.717) is 5.56 Å². The van der Waals surface area contributed by atoms with E-state index in [4.69, 9.17) is 11.6 Å². The molecule has 10 heavy (non-hydrogen) atoms. The number of halogens is 2. The average Bonchev–Trinajstić information content (AvgIpc) is 1.88. The maximum absolute atomic E-state index is 12.6. The van der Waals surface area contributed by atoms with E-state index in [1.807, 2.05) is 0 Å². The van der Waals surface area contributed by atoms with Crippen molar-refractivity contribution in [2.75, 3.05) is 0 Å². The van der Waals surface area contributed by atoms with Gasteiger partial charge in [-0.2, -0.15) is 0 Å².